The molecule has 14 rings (SSSR count). The fourth-order valence-electron chi connectivity index (χ4n) is 9.99. The Morgan fingerprint density at radius 3 is 1.89 bits per heavy atom. The van der Waals surface area contributed by atoms with Crippen molar-refractivity contribution in [2.75, 3.05) is 0 Å². The second-order valence-electron chi connectivity index (χ2n) is 16.7. The van der Waals surface area contributed by atoms with Gasteiger partial charge < -0.3 is 8.98 Å². The van der Waals surface area contributed by atoms with E-state index in [2.05, 4.69) is 205 Å². The van der Waals surface area contributed by atoms with Crippen molar-refractivity contribution in [2.24, 2.45) is 0 Å². The van der Waals surface area contributed by atoms with Gasteiger partial charge in [-0.15, -0.1) is 11.3 Å². The molecule has 0 unspecified atom stereocenters. The summed E-state index contributed by atoms with van der Waals surface area (Å²) in [6.07, 6.45) is 0. The van der Waals surface area contributed by atoms with Gasteiger partial charge in [0.1, 0.15) is 5.58 Å². The Hall–Kier alpha value is -8.45. The van der Waals surface area contributed by atoms with Crippen molar-refractivity contribution in [1.29, 1.82) is 0 Å². The lowest BCUT2D eigenvalue weighted by atomic mass is 10.0. The summed E-state index contributed by atoms with van der Waals surface area (Å²) in [7, 11) is 0. The molecule has 0 aliphatic carbocycles. The lowest BCUT2D eigenvalue weighted by Crippen LogP contribution is -2.00. The molecular formula is C59H34N4OS. The summed E-state index contributed by atoms with van der Waals surface area (Å²) in [5, 5.41) is 11.5. The molecule has 0 amide bonds. The van der Waals surface area contributed by atoms with E-state index in [1.54, 1.807) is 11.3 Å². The summed E-state index contributed by atoms with van der Waals surface area (Å²) in [6, 6.07) is 73.2. The van der Waals surface area contributed by atoms with Gasteiger partial charge in [-0.05, 0) is 81.2 Å². The average molecular weight is 847 g/mol. The molecule has 0 aliphatic heterocycles. The quantitative estimate of drug-likeness (QED) is 0.173. The number of thiophene rings is 1. The third-order valence-corrected chi connectivity index (χ3v) is 14.2. The van der Waals surface area contributed by atoms with Crippen LogP contribution in [0.4, 0.5) is 0 Å². The van der Waals surface area contributed by atoms with Crippen LogP contribution in [0.1, 0.15) is 0 Å². The van der Waals surface area contributed by atoms with Crippen molar-refractivity contribution >= 4 is 96.8 Å². The Morgan fingerprint density at radius 1 is 0.369 bits per heavy atom. The number of furan rings is 1. The van der Waals surface area contributed by atoms with Crippen molar-refractivity contribution in [2.45, 2.75) is 0 Å². The van der Waals surface area contributed by atoms with E-state index < -0.39 is 0 Å². The topological polar surface area (TPSA) is 56.7 Å². The van der Waals surface area contributed by atoms with Gasteiger partial charge in [0.2, 0.25) is 0 Å². The van der Waals surface area contributed by atoms with Crippen LogP contribution in [-0.2, 0) is 0 Å². The Morgan fingerprint density at radius 2 is 1.02 bits per heavy atom. The third kappa shape index (κ3) is 5.61. The van der Waals surface area contributed by atoms with E-state index in [1.807, 2.05) is 6.07 Å². The Balaban J connectivity index is 0.978. The van der Waals surface area contributed by atoms with E-state index in [-0.39, 0.29) is 0 Å². The van der Waals surface area contributed by atoms with E-state index >= 15 is 0 Å². The second-order valence-corrected chi connectivity index (χ2v) is 17.8. The molecule has 4 heterocycles. The van der Waals surface area contributed by atoms with E-state index in [1.165, 1.54) is 36.3 Å². The summed E-state index contributed by atoms with van der Waals surface area (Å²) in [5.74, 6) is 1.87. The van der Waals surface area contributed by atoms with Crippen LogP contribution in [0.5, 0.6) is 0 Å². The number of rotatable bonds is 5. The highest BCUT2D eigenvalue weighted by Gasteiger charge is 2.21. The predicted octanol–water partition coefficient (Wildman–Crippen LogP) is 16.2. The van der Waals surface area contributed by atoms with Crippen LogP contribution in [0.2, 0.25) is 0 Å². The van der Waals surface area contributed by atoms with Crippen LogP contribution in [0.15, 0.2) is 211 Å². The molecule has 0 aliphatic rings. The van der Waals surface area contributed by atoms with Crippen molar-refractivity contribution in [1.82, 2.24) is 19.5 Å². The smallest absolute Gasteiger partial charge is 0.164 e. The van der Waals surface area contributed by atoms with E-state index in [4.69, 9.17) is 19.4 Å². The number of aromatic nitrogens is 4. The SMILES string of the molecule is c1ccc(-c2ccc(-c3nc(-c4ccc5ccc6oc7c(-n8c9ccccc9c9cc%10ccccc%10cc98)cccc7c6c5c4)nc(-c4cccc5sc6ccccc6c45)n3)cc2)cc1. The van der Waals surface area contributed by atoms with Gasteiger partial charge in [0.15, 0.2) is 23.1 Å². The van der Waals surface area contributed by atoms with Gasteiger partial charge in [-0.3, -0.25) is 0 Å². The molecule has 0 saturated heterocycles. The summed E-state index contributed by atoms with van der Waals surface area (Å²) in [4.78, 5) is 15.8. The summed E-state index contributed by atoms with van der Waals surface area (Å²) in [6.45, 7) is 0. The van der Waals surface area contributed by atoms with E-state index in [0.717, 1.165) is 82.6 Å². The maximum atomic E-state index is 6.95. The van der Waals surface area contributed by atoms with Gasteiger partial charge >= 0.3 is 0 Å². The van der Waals surface area contributed by atoms with Crippen molar-refractivity contribution < 1.29 is 4.42 Å². The normalized spacial score (nSPS) is 12.0. The van der Waals surface area contributed by atoms with Gasteiger partial charge in [0, 0.05) is 58.4 Å². The van der Waals surface area contributed by atoms with Gasteiger partial charge in [0.05, 0.1) is 16.7 Å². The molecule has 65 heavy (non-hydrogen) atoms. The van der Waals surface area contributed by atoms with Crippen LogP contribution in [-0.4, -0.2) is 19.5 Å². The molecule has 4 aromatic heterocycles. The highest BCUT2D eigenvalue weighted by atomic mass is 32.1. The minimum absolute atomic E-state index is 0.610. The second kappa shape index (κ2) is 14.0. The molecule has 10 aromatic carbocycles. The predicted molar refractivity (Wildman–Crippen MR) is 271 cm³/mol. The Kier molecular flexibility index (Phi) is 7.79. The third-order valence-electron chi connectivity index (χ3n) is 13.0. The van der Waals surface area contributed by atoms with Gasteiger partial charge in [-0.1, -0.05) is 158 Å². The molecule has 14 aromatic rings. The average Bonchev–Trinajstić information content (AvgIpc) is 4.05. The zero-order chi connectivity index (χ0) is 42.6. The molecule has 0 saturated carbocycles. The Labute approximate surface area is 376 Å². The van der Waals surface area contributed by atoms with E-state index in [0.29, 0.717) is 17.5 Å². The summed E-state index contributed by atoms with van der Waals surface area (Å²) in [5.41, 5.74) is 10.1. The molecule has 0 radical (unpaired) electrons. The lowest BCUT2D eigenvalue weighted by Gasteiger charge is -2.11. The number of hydrogen-bond donors (Lipinski definition) is 0. The van der Waals surface area contributed by atoms with Crippen molar-refractivity contribution in [3.63, 3.8) is 0 Å². The van der Waals surface area contributed by atoms with Crippen LogP contribution in [0.3, 0.4) is 0 Å². The first-order valence-corrected chi connectivity index (χ1v) is 22.7. The van der Waals surface area contributed by atoms with Crippen LogP contribution in [0.25, 0.3) is 136 Å². The Bertz CT molecular complexity index is 4240. The summed E-state index contributed by atoms with van der Waals surface area (Å²) >= 11 is 1.79. The first-order valence-electron chi connectivity index (χ1n) is 21.8. The van der Waals surface area contributed by atoms with E-state index in [9.17, 15) is 0 Å². The monoisotopic (exact) mass is 846 g/mol. The minimum Gasteiger partial charge on any atom is -0.454 e. The largest absolute Gasteiger partial charge is 0.454 e. The maximum Gasteiger partial charge on any atom is 0.164 e. The van der Waals surface area contributed by atoms with Gasteiger partial charge in [-0.25, -0.2) is 15.0 Å². The highest BCUT2D eigenvalue weighted by Crippen LogP contribution is 2.43. The van der Waals surface area contributed by atoms with Gasteiger partial charge in [-0.2, -0.15) is 0 Å². The molecular weight excluding hydrogens is 813 g/mol. The highest BCUT2D eigenvalue weighted by molar-refractivity contribution is 7.25. The molecule has 0 N–H and O–H groups in total. The molecule has 0 atom stereocenters. The first kappa shape index (κ1) is 36.1. The molecule has 5 nitrogen and oxygen atoms in total. The summed E-state index contributed by atoms with van der Waals surface area (Å²) < 4.78 is 11.8. The number of fused-ring (bicyclic) bond motifs is 12. The number of nitrogens with zero attached hydrogens (tertiary/aromatic N) is 4. The van der Waals surface area contributed by atoms with Crippen LogP contribution < -0.4 is 0 Å². The van der Waals surface area contributed by atoms with Crippen molar-refractivity contribution in [3.05, 3.63) is 206 Å². The van der Waals surface area contributed by atoms with Crippen LogP contribution in [0, 0.1) is 0 Å². The minimum atomic E-state index is 0.610. The molecule has 302 valence electrons. The first-order chi connectivity index (χ1) is 32.2. The zero-order valence-electron chi connectivity index (χ0n) is 34.7. The van der Waals surface area contributed by atoms with Gasteiger partial charge in [0.25, 0.3) is 0 Å². The fraction of sp³-hybridized carbons (Fsp3) is 0. The number of hydrogen-bond acceptors (Lipinski definition) is 5. The standard InChI is InChI=1S/C59H34N4OS/c1-2-12-35(13-3-1)36-24-27-38(28-25-36)57-60-58(62-59(61-57)45-19-11-23-53-55(45)43-17-7-9-22-52(43)65-53)41-29-26-37-30-31-51-54(46(37)33-41)44-18-10-21-49(56(44)64-51)63-48-20-8-6-16-42(48)47-32-39-14-4-5-15-40(39)34-50(47)63/h1-34H. The number of para-hydroxylation sites is 2. The molecule has 0 spiro atoms. The fourth-order valence-corrected chi connectivity index (χ4v) is 11.1. The lowest BCUT2D eigenvalue weighted by molar-refractivity contribution is 0.666. The number of benzene rings is 10. The maximum absolute atomic E-state index is 6.95. The van der Waals surface area contributed by atoms with Crippen LogP contribution >= 0.6 is 11.3 Å². The molecule has 0 bridgehead atoms. The molecule has 0 fully saturated rings. The molecule has 6 heteroatoms. The van der Waals surface area contributed by atoms with Crippen molar-refractivity contribution in [3.8, 4) is 51.0 Å². The zero-order valence-corrected chi connectivity index (χ0v) is 35.6.